The van der Waals surface area contributed by atoms with Crippen molar-refractivity contribution in [2.45, 2.75) is 0 Å². The Morgan fingerprint density at radius 3 is 2.63 bits per heavy atom. The molecule has 0 saturated carbocycles. The van der Waals surface area contributed by atoms with E-state index in [0.29, 0.717) is 27.3 Å². The second-order valence-electron chi connectivity index (χ2n) is 4.13. The quantitative estimate of drug-likeness (QED) is 0.733. The van der Waals surface area contributed by atoms with Gasteiger partial charge in [-0.05, 0) is 30.3 Å². The molecule has 1 heterocycles. The van der Waals surface area contributed by atoms with Crippen molar-refractivity contribution in [1.82, 2.24) is 0 Å². The zero-order chi connectivity index (χ0) is 13.4. The fraction of sp³-hybridized carbons (Fsp3) is 0. The number of aromatic hydroxyl groups is 1. The lowest BCUT2D eigenvalue weighted by atomic mass is 10.1. The summed E-state index contributed by atoms with van der Waals surface area (Å²) in [6.45, 7) is 0. The van der Waals surface area contributed by atoms with Gasteiger partial charge in [0.15, 0.2) is 5.43 Å². The molecule has 0 unspecified atom stereocenters. The number of halogens is 1. The van der Waals surface area contributed by atoms with Crippen LogP contribution in [-0.2, 0) is 0 Å². The fourth-order valence-electron chi connectivity index (χ4n) is 1.94. The topological polar surface area (TPSA) is 50.4 Å². The van der Waals surface area contributed by atoms with Gasteiger partial charge in [-0.1, -0.05) is 23.7 Å². The van der Waals surface area contributed by atoms with Gasteiger partial charge in [-0.15, -0.1) is 0 Å². The Hall–Kier alpha value is -2.26. The summed E-state index contributed by atoms with van der Waals surface area (Å²) in [5.74, 6) is 0.400. The number of fused-ring (bicyclic) bond motifs is 1. The molecule has 4 heteroatoms. The Morgan fingerprint density at radius 2 is 1.84 bits per heavy atom. The van der Waals surface area contributed by atoms with Crippen molar-refractivity contribution in [2.75, 3.05) is 0 Å². The summed E-state index contributed by atoms with van der Waals surface area (Å²) in [4.78, 5) is 12.0. The Balaban J connectivity index is 2.31. The first kappa shape index (κ1) is 11.8. The molecule has 1 aromatic heterocycles. The highest BCUT2D eigenvalue weighted by Gasteiger charge is 2.10. The van der Waals surface area contributed by atoms with Crippen LogP contribution in [0.2, 0.25) is 5.02 Å². The van der Waals surface area contributed by atoms with Gasteiger partial charge in [-0.3, -0.25) is 4.79 Å². The molecule has 0 spiro atoms. The van der Waals surface area contributed by atoms with E-state index in [0.717, 1.165) is 0 Å². The Morgan fingerprint density at radius 1 is 1.05 bits per heavy atom. The first-order chi connectivity index (χ1) is 9.15. The van der Waals surface area contributed by atoms with Gasteiger partial charge in [0.05, 0.1) is 10.9 Å². The Bertz CT molecular complexity index is 821. The summed E-state index contributed by atoms with van der Waals surface area (Å²) in [6.07, 6.45) is 0. The average Bonchev–Trinajstić information content (AvgIpc) is 2.40. The number of benzene rings is 2. The molecule has 0 fully saturated rings. The smallest absolute Gasteiger partial charge is 0.193 e. The van der Waals surface area contributed by atoms with E-state index in [9.17, 15) is 9.90 Å². The van der Waals surface area contributed by atoms with Crippen molar-refractivity contribution in [3.63, 3.8) is 0 Å². The molecule has 0 aliphatic heterocycles. The molecule has 1 N–H and O–H groups in total. The summed E-state index contributed by atoms with van der Waals surface area (Å²) in [6, 6.07) is 12.9. The minimum absolute atomic E-state index is 0.0685. The van der Waals surface area contributed by atoms with Crippen LogP contribution in [0, 0.1) is 0 Å². The SMILES string of the molecule is O=c1cc(-c2ccccc2O)oc2ccc(Cl)cc12. The van der Waals surface area contributed by atoms with E-state index in [4.69, 9.17) is 16.0 Å². The molecule has 19 heavy (non-hydrogen) atoms. The third-order valence-corrected chi connectivity index (χ3v) is 3.09. The van der Waals surface area contributed by atoms with Crippen molar-refractivity contribution >= 4 is 22.6 Å². The van der Waals surface area contributed by atoms with Gasteiger partial charge in [0.2, 0.25) is 0 Å². The van der Waals surface area contributed by atoms with Crippen molar-refractivity contribution in [2.24, 2.45) is 0 Å². The molecule has 0 amide bonds. The lowest BCUT2D eigenvalue weighted by Crippen LogP contribution is -2.00. The molecule has 94 valence electrons. The zero-order valence-corrected chi connectivity index (χ0v) is 10.5. The monoisotopic (exact) mass is 272 g/mol. The van der Waals surface area contributed by atoms with Crippen LogP contribution in [0.15, 0.2) is 57.7 Å². The summed E-state index contributed by atoms with van der Waals surface area (Å²) >= 11 is 5.85. The average molecular weight is 273 g/mol. The highest BCUT2D eigenvalue weighted by atomic mass is 35.5. The number of hydrogen-bond acceptors (Lipinski definition) is 3. The van der Waals surface area contributed by atoms with E-state index in [1.165, 1.54) is 6.07 Å². The van der Waals surface area contributed by atoms with E-state index < -0.39 is 0 Å². The Kier molecular flexibility index (Phi) is 2.76. The number of para-hydroxylation sites is 1. The second-order valence-corrected chi connectivity index (χ2v) is 4.57. The maximum absolute atomic E-state index is 12.0. The fourth-order valence-corrected chi connectivity index (χ4v) is 2.12. The minimum Gasteiger partial charge on any atom is -0.507 e. The standard InChI is InChI=1S/C15H9ClO3/c16-9-5-6-14-11(7-9)13(18)8-15(19-14)10-3-1-2-4-12(10)17/h1-8,17H. The first-order valence-corrected chi connectivity index (χ1v) is 6.05. The van der Waals surface area contributed by atoms with Crippen molar-refractivity contribution in [3.05, 3.63) is 63.8 Å². The normalized spacial score (nSPS) is 10.8. The molecule has 3 aromatic rings. The van der Waals surface area contributed by atoms with Crippen molar-refractivity contribution in [3.8, 4) is 17.1 Å². The highest BCUT2D eigenvalue weighted by Crippen LogP contribution is 2.29. The first-order valence-electron chi connectivity index (χ1n) is 5.67. The van der Waals surface area contributed by atoms with Crippen LogP contribution in [0.25, 0.3) is 22.3 Å². The van der Waals surface area contributed by atoms with E-state index in [1.807, 2.05) is 0 Å². The number of hydrogen-bond donors (Lipinski definition) is 1. The summed E-state index contributed by atoms with van der Waals surface area (Å²) in [5.41, 5.74) is 0.730. The largest absolute Gasteiger partial charge is 0.507 e. The number of phenolic OH excluding ortho intramolecular Hbond substituents is 1. The maximum Gasteiger partial charge on any atom is 0.193 e. The van der Waals surface area contributed by atoms with Crippen LogP contribution >= 0.6 is 11.6 Å². The van der Waals surface area contributed by atoms with Gasteiger partial charge in [-0.25, -0.2) is 0 Å². The summed E-state index contributed by atoms with van der Waals surface area (Å²) in [7, 11) is 0. The molecular formula is C15H9ClO3. The van der Waals surface area contributed by atoms with Gasteiger partial charge in [0.25, 0.3) is 0 Å². The van der Waals surface area contributed by atoms with Crippen LogP contribution < -0.4 is 5.43 Å². The lowest BCUT2D eigenvalue weighted by Gasteiger charge is -2.05. The van der Waals surface area contributed by atoms with Gasteiger partial charge < -0.3 is 9.52 Å². The van der Waals surface area contributed by atoms with Gasteiger partial charge >= 0.3 is 0 Å². The summed E-state index contributed by atoms with van der Waals surface area (Å²) < 4.78 is 5.65. The number of rotatable bonds is 1. The van der Waals surface area contributed by atoms with Crippen molar-refractivity contribution < 1.29 is 9.52 Å². The summed E-state index contributed by atoms with van der Waals surface area (Å²) in [5, 5.41) is 10.7. The molecule has 0 saturated heterocycles. The van der Waals surface area contributed by atoms with Crippen LogP contribution in [0.3, 0.4) is 0 Å². The predicted molar refractivity (Wildman–Crippen MR) is 74.6 cm³/mol. The molecule has 3 rings (SSSR count). The maximum atomic E-state index is 12.0. The second kappa shape index (κ2) is 4.44. The van der Waals surface area contributed by atoms with Crippen molar-refractivity contribution in [1.29, 1.82) is 0 Å². The third-order valence-electron chi connectivity index (χ3n) is 2.86. The Labute approximate surface area is 113 Å². The molecule has 3 nitrogen and oxygen atoms in total. The van der Waals surface area contributed by atoms with E-state index in [-0.39, 0.29) is 11.2 Å². The third kappa shape index (κ3) is 2.09. The van der Waals surface area contributed by atoms with Gasteiger partial charge in [0, 0.05) is 11.1 Å². The highest BCUT2D eigenvalue weighted by molar-refractivity contribution is 6.31. The van der Waals surface area contributed by atoms with E-state index in [2.05, 4.69) is 0 Å². The molecule has 0 aliphatic rings. The lowest BCUT2D eigenvalue weighted by molar-refractivity contribution is 0.474. The van der Waals surface area contributed by atoms with E-state index in [1.54, 1.807) is 42.5 Å². The van der Waals surface area contributed by atoms with Crippen LogP contribution in [0.1, 0.15) is 0 Å². The van der Waals surface area contributed by atoms with Crippen LogP contribution in [0.4, 0.5) is 0 Å². The zero-order valence-electron chi connectivity index (χ0n) is 9.76. The predicted octanol–water partition coefficient (Wildman–Crippen LogP) is 3.82. The molecule has 0 radical (unpaired) electrons. The van der Waals surface area contributed by atoms with E-state index >= 15 is 0 Å². The minimum atomic E-state index is -0.193. The van der Waals surface area contributed by atoms with Gasteiger partial charge in [0.1, 0.15) is 17.1 Å². The van der Waals surface area contributed by atoms with Crippen LogP contribution in [0.5, 0.6) is 5.75 Å². The molecule has 0 bridgehead atoms. The molecular weight excluding hydrogens is 264 g/mol. The molecule has 0 atom stereocenters. The van der Waals surface area contributed by atoms with Gasteiger partial charge in [-0.2, -0.15) is 0 Å². The molecule has 2 aromatic carbocycles. The molecule has 0 aliphatic carbocycles. The number of phenols is 1. The van der Waals surface area contributed by atoms with Crippen LogP contribution in [-0.4, -0.2) is 5.11 Å².